The fraction of sp³-hybridized carbons (Fsp3) is 0.619. The van der Waals surface area contributed by atoms with E-state index in [2.05, 4.69) is 10.2 Å². The van der Waals surface area contributed by atoms with E-state index >= 15 is 0 Å². The average molecular weight is 407 g/mol. The standard InChI is InChI=1S/C21H30FN3O4/c1-29-11-8-23-21(28)19-13-17(26)14-25(19)16-6-9-24(10-7-16)20(27)12-15-4-2-3-5-18(15)22/h2-5,16-17,19,26H,6-14H2,1H3,(H,23,28)/t17-,19+/m1/s1. The summed E-state index contributed by atoms with van der Waals surface area (Å²) in [6.07, 6.45) is 1.43. The molecule has 1 aromatic carbocycles. The lowest BCUT2D eigenvalue weighted by molar-refractivity contribution is -0.133. The van der Waals surface area contributed by atoms with Crippen molar-refractivity contribution in [3.05, 3.63) is 35.6 Å². The maximum absolute atomic E-state index is 13.8. The van der Waals surface area contributed by atoms with Crippen LogP contribution in [0.15, 0.2) is 24.3 Å². The van der Waals surface area contributed by atoms with Crippen molar-refractivity contribution < 1.29 is 23.8 Å². The van der Waals surface area contributed by atoms with Gasteiger partial charge in [0.2, 0.25) is 11.8 Å². The van der Waals surface area contributed by atoms with Crippen LogP contribution < -0.4 is 5.32 Å². The van der Waals surface area contributed by atoms with Gasteiger partial charge in [-0.3, -0.25) is 14.5 Å². The second-order valence-corrected chi connectivity index (χ2v) is 7.77. The van der Waals surface area contributed by atoms with E-state index in [1.54, 1.807) is 30.2 Å². The van der Waals surface area contributed by atoms with Crippen molar-refractivity contribution in [2.75, 3.05) is 39.9 Å². The molecule has 2 saturated heterocycles. The summed E-state index contributed by atoms with van der Waals surface area (Å²) in [4.78, 5) is 28.9. The Kier molecular flexibility index (Phi) is 7.57. The zero-order valence-corrected chi connectivity index (χ0v) is 16.8. The number of hydrogen-bond acceptors (Lipinski definition) is 5. The lowest BCUT2D eigenvalue weighted by Gasteiger charge is -2.39. The topological polar surface area (TPSA) is 82.1 Å². The molecule has 29 heavy (non-hydrogen) atoms. The highest BCUT2D eigenvalue weighted by atomic mass is 19.1. The number of β-amino-alcohol motifs (C(OH)–C–C–N with tert-alkyl or cyclic N) is 1. The molecular weight excluding hydrogens is 377 g/mol. The number of methoxy groups -OCH3 is 1. The maximum Gasteiger partial charge on any atom is 0.237 e. The highest BCUT2D eigenvalue weighted by molar-refractivity contribution is 5.82. The molecule has 3 rings (SSSR count). The second kappa shape index (κ2) is 10.1. The Labute approximate surface area is 170 Å². The number of ether oxygens (including phenoxy) is 1. The fourth-order valence-corrected chi connectivity index (χ4v) is 4.26. The van der Waals surface area contributed by atoms with Gasteiger partial charge in [0, 0.05) is 39.3 Å². The number of rotatable bonds is 7. The van der Waals surface area contributed by atoms with E-state index in [0.29, 0.717) is 44.8 Å². The van der Waals surface area contributed by atoms with Crippen LogP contribution in [-0.4, -0.2) is 84.8 Å². The maximum atomic E-state index is 13.8. The van der Waals surface area contributed by atoms with Gasteiger partial charge in [0.05, 0.1) is 25.2 Å². The van der Waals surface area contributed by atoms with E-state index in [9.17, 15) is 19.1 Å². The first-order chi connectivity index (χ1) is 14.0. The molecule has 0 aromatic heterocycles. The zero-order valence-electron chi connectivity index (χ0n) is 16.8. The van der Waals surface area contributed by atoms with Crippen LogP contribution in [0, 0.1) is 5.82 Å². The molecule has 2 fully saturated rings. The molecule has 0 bridgehead atoms. The van der Waals surface area contributed by atoms with E-state index in [0.717, 1.165) is 12.8 Å². The predicted molar refractivity (Wildman–Crippen MR) is 106 cm³/mol. The first-order valence-electron chi connectivity index (χ1n) is 10.2. The van der Waals surface area contributed by atoms with Crippen LogP contribution in [0.2, 0.25) is 0 Å². The predicted octanol–water partition coefficient (Wildman–Crippen LogP) is 0.557. The highest BCUT2D eigenvalue weighted by Crippen LogP contribution is 2.27. The van der Waals surface area contributed by atoms with Gasteiger partial charge in [0.25, 0.3) is 0 Å². The molecule has 2 aliphatic rings. The summed E-state index contributed by atoms with van der Waals surface area (Å²) < 4.78 is 18.8. The smallest absolute Gasteiger partial charge is 0.237 e. The Morgan fingerprint density at radius 2 is 2.00 bits per heavy atom. The minimum absolute atomic E-state index is 0.0598. The van der Waals surface area contributed by atoms with Crippen molar-refractivity contribution in [2.24, 2.45) is 0 Å². The molecule has 2 atom stereocenters. The highest BCUT2D eigenvalue weighted by Gasteiger charge is 2.40. The molecule has 0 saturated carbocycles. The normalized spacial score (nSPS) is 23.3. The number of nitrogens with zero attached hydrogens (tertiary/aromatic N) is 2. The molecule has 2 N–H and O–H groups in total. The Hall–Kier alpha value is -2.03. The van der Waals surface area contributed by atoms with E-state index in [1.807, 2.05) is 0 Å². The van der Waals surface area contributed by atoms with Crippen molar-refractivity contribution in [1.82, 2.24) is 15.1 Å². The van der Waals surface area contributed by atoms with E-state index in [-0.39, 0.29) is 36.1 Å². The van der Waals surface area contributed by atoms with Gasteiger partial charge in [0.1, 0.15) is 5.82 Å². The van der Waals surface area contributed by atoms with E-state index < -0.39 is 6.10 Å². The summed E-state index contributed by atoms with van der Waals surface area (Å²) in [6, 6.07) is 6.13. The molecule has 2 aliphatic heterocycles. The SMILES string of the molecule is COCCNC(=O)[C@@H]1C[C@@H](O)CN1C1CCN(C(=O)Cc2ccccc2F)CC1. The number of amides is 2. The molecule has 0 spiro atoms. The van der Waals surface area contributed by atoms with Crippen LogP contribution in [0.5, 0.6) is 0 Å². The van der Waals surface area contributed by atoms with Crippen LogP contribution in [0.4, 0.5) is 4.39 Å². The van der Waals surface area contributed by atoms with Crippen molar-refractivity contribution in [1.29, 1.82) is 0 Å². The van der Waals surface area contributed by atoms with Crippen molar-refractivity contribution in [3.8, 4) is 0 Å². The molecular formula is C21H30FN3O4. The molecule has 2 heterocycles. The summed E-state index contributed by atoms with van der Waals surface area (Å²) in [6.45, 7) is 2.50. The first-order valence-corrected chi connectivity index (χ1v) is 10.2. The van der Waals surface area contributed by atoms with Gasteiger partial charge >= 0.3 is 0 Å². The molecule has 7 nitrogen and oxygen atoms in total. The lowest BCUT2D eigenvalue weighted by atomic mass is 10.0. The van der Waals surface area contributed by atoms with Crippen LogP contribution in [0.1, 0.15) is 24.8 Å². The quantitative estimate of drug-likeness (QED) is 0.646. The van der Waals surface area contributed by atoms with Gasteiger partial charge in [-0.25, -0.2) is 4.39 Å². The number of carbonyl (C=O) groups is 2. The minimum atomic E-state index is -0.520. The molecule has 160 valence electrons. The fourth-order valence-electron chi connectivity index (χ4n) is 4.26. The zero-order chi connectivity index (χ0) is 20.8. The molecule has 0 aliphatic carbocycles. The van der Waals surface area contributed by atoms with Crippen LogP contribution in [0.25, 0.3) is 0 Å². The van der Waals surface area contributed by atoms with Gasteiger partial charge in [0.15, 0.2) is 0 Å². The van der Waals surface area contributed by atoms with Crippen LogP contribution in [0.3, 0.4) is 0 Å². The van der Waals surface area contributed by atoms with Crippen molar-refractivity contribution in [3.63, 3.8) is 0 Å². The Morgan fingerprint density at radius 3 is 2.69 bits per heavy atom. The summed E-state index contributed by atoms with van der Waals surface area (Å²) in [7, 11) is 1.58. The lowest BCUT2D eigenvalue weighted by Crippen LogP contribution is -2.52. The van der Waals surface area contributed by atoms with Crippen LogP contribution >= 0.6 is 0 Å². The van der Waals surface area contributed by atoms with Crippen molar-refractivity contribution >= 4 is 11.8 Å². The number of aliphatic hydroxyl groups excluding tert-OH is 1. The molecule has 2 amide bonds. The second-order valence-electron chi connectivity index (χ2n) is 7.77. The first kappa shape index (κ1) is 21.7. The van der Waals surface area contributed by atoms with Crippen molar-refractivity contribution in [2.45, 2.75) is 43.9 Å². The molecule has 0 unspecified atom stereocenters. The monoisotopic (exact) mass is 407 g/mol. The minimum Gasteiger partial charge on any atom is -0.392 e. The Morgan fingerprint density at radius 1 is 1.28 bits per heavy atom. The Bertz CT molecular complexity index is 709. The number of aliphatic hydroxyl groups is 1. The number of piperidine rings is 1. The number of nitrogens with one attached hydrogen (secondary N) is 1. The van der Waals surface area contributed by atoms with Gasteiger partial charge < -0.3 is 20.1 Å². The summed E-state index contributed by atoms with van der Waals surface area (Å²) >= 11 is 0. The number of benzene rings is 1. The van der Waals surface area contributed by atoms with Gasteiger partial charge in [-0.2, -0.15) is 0 Å². The summed E-state index contributed by atoms with van der Waals surface area (Å²) in [5.74, 6) is -0.523. The third-order valence-electron chi connectivity index (χ3n) is 5.81. The third-order valence-corrected chi connectivity index (χ3v) is 5.81. The summed E-state index contributed by atoms with van der Waals surface area (Å²) in [5.41, 5.74) is 0.412. The largest absolute Gasteiger partial charge is 0.392 e. The average Bonchev–Trinajstić information content (AvgIpc) is 3.12. The van der Waals surface area contributed by atoms with E-state index in [4.69, 9.17) is 4.74 Å². The molecule has 0 radical (unpaired) electrons. The molecule has 8 heteroatoms. The Balaban J connectivity index is 1.53. The number of halogens is 1. The van der Waals surface area contributed by atoms with Crippen LogP contribution in [-0.2, 0) is 20.7 Å². The third kappa shape index (κ3) is 5.52. The number of hydrogen-bond donors (Lipinski definition) is 2. The molecule has 1 aromatic rings. The van der Waals surface area contributed by atoms with Gasteiger partial charge in [-0.05, 0) is 30.9 Å². The van der Waals surface area contributed by atoms with Gasteiger partial charge in [-0.15, -0.1) is 0 Å². The number of carbonyl (C=O) groups excluding carboxylic acids is 2. The number of likely N-dealkylation sites (tertiary alicyclic amines) is 2. The summed E-state index contributed by atoms with van der Waals surface area (Å²) in [5, 5.41) is 13.0. The van der Waals surface area contributed by atoms with E-state index in [1.165, 1.54) is 6.07 Å². The van der Waals surface area contributed by atoms with Gasteiger partial charge in [-0.1, -0.05) is 18.2 Å².